The van der Waals surface area contributed by atoms with Gasteiger partial charge in [0.1, 0.15) is 5.69 Å². The fraction of sp³-hybridized carbons (Fsp3) is 0.370. The number of aliphatic hydroxyl groups excluding tert-OH is 1. The van der Waals surface area contributed by atoms with Gasteiger partial charge in [0.2, 0.25) is 0 Å². The van der Waals surface area contributed by atoms with Crippen molar-refractivity contribution >= 4 is 23.2 Å². The van der Waals surface area contributed by atoms with Crippen molar-refractivity contribution in [3.05, 3.63) is 53.6 Å². The Morgan fingerprint density at radius 1 is 1.00 bits per heavy atom. The lowest BCUT2D eigenvalue weighted by atomic mass is 10.0. The van der Waals surface area contributed by atoms with Gasteiger partial charge in [-0.05, 0) is 18.2 Å². The zero-order valence-electron chi connectivity index (χ0n) is 21.2. The molecule has 0 unspecified atom stereocenters. The third kappa shape index (κ3) is 4.23. The highest BCUT2D eigenvalue weighted by atomic mass is 16.3. The van der Waals surface area contributed by atoms with E-state index in [0.717, 1.165) is 37.4 Å². The predicted molar refractivity (Wildman–Crippen MR) is 145 cm³/mol. The van der Waals surface area contributed by atoms with Gasteiger partial charge in [-0.2, -0.15) is 5.10 Å². The molecule has 0 saturated carbocycles. The van der Waals surface area contributed by atoms with Crippen LogP contribution in [0, 0.1) is 0 Å². The molecular formula is C27H32N8O3. The van der Waals surface area contributed by atoms with Crippen LogP contribution in [0.1, 0.15) is 15.9 Å². The van der Waals surface area contributed by atoms with E-state index in [4.69, 9.17) is 5.73 Å². The first kappa shape index (κ1) is 24.6. The molecule has 2 saturated heterocycles. The molecule has 38 heavy (non-hydrogen) atoms. The van der Waals surface area contributed by atoms with E-state index in [2.05, 4.69) is 37.4 Å². The molecule has 1 aliphatic carbocycles. The first-order chi connectivity index (χ1) is 18.6. The Morgan fingerprint density at radius 2 is 1.74 bits per heavy atom. The summed E-state index contributed by atoms with van der Waals surface area (Å²) in [5.41, 5.74) is 11.3. The van der Waals surface area contributed by atoms with Gasteiger partial charge in [-0.3, -0.25) is 14.8 Å². The van der Waals surface area contributed by atoms with Gasteiger partial charge in [0, 0.05) is 75.7 Å². The molecular weight excluding hydrogens is 484 g/mol. The number of fused-ring (bicyclic) bond motifs is 3. The topological polar surface area (TPSA) is 134 Å². The Kier molecular flexibility index (Phi) is 6.58. The number of anilines is 2. The van der Waals surface area contributed by atoms with E-state index >= 15 is 0 Å². The first-order valence-corrected chi connectivity index (χ1v) is 13.1. The van der Waals surface area contributed by atoms with E-state index in [1.807, 2.05) is 29.3 Å². The van der Waals surface area contributed by atoms with E-state index in [1.165, 1.54) is 5.01 Å². The summed E-state index contributed by atoms with van der Waals surface area (Å²) in [7, 11) is 0. The minimum atomic E-state index is -0.642. The van der Waals surface area contributed by atoms with Crippen LogP contribution in [0.25, 0.3) is 22.5 Å². The number of amides is 2. The van der Waals surface area contributed by atoms with Gasteiger partial charge in [-0.25, -0.2) is 14.8 Å². The quantitative estimate of drug-likeness (QED) is 0.300. The number of hydrazine groups is 1. The number of aromatic amines is 1. The number of rotatable bonds is 6. The van der Waals surface area contributed by atoms with Crippen LogP contribution in [0.4, 0.5) is 16.2 Å². The van der Waals surface area contributed by atoms with Crippen LogP contribution in [-0.2, 0) is 0 Å². The Balaban J connectivity index is 1.30. The molecule has 1 aromatic heterocycles. The first-order valence-electron chi connectivity index (χ1n) is 13.1. The number of piperazine rings is 2. The maximum absolute atomic E-state index is 13.9. The third-order valence-corrected chi connectivity index (χ3v) is 7.64. The number of hydrogen-bond donors (Lipinski definition) is 4. The fourth-order valence-corrected chi connectivity index (χ4v) is 5.72. The molecule has 0 spiro atoms. The molecule has 2 aromatic carbocycles. The number of carbonyl (C=O) groups excluding carboxylic acids is 2. The largest absolute Gasteiger partial charge is 0.395 e. The lowest BCUT2D eigenvalue weighted by Gasteiger charge is -2.40. The van der Waals surface area contributed by atoms with E-state index < -0.39 is 6.03 Å². The van der Waals surface area contributed by atoms with Crippen molar-refractivity contribution in [2.45, 2.75) is 0 Å². The third-order valence-electron chi connectivity index (χ3n) is 7.64. The molecule has 11 nitrogen and oxygen atoms in total. The number of benzene rings is 2. The van der Waals surface area contributed by atoms with Crippen LogP contribution in [0.3, 0.4) is 0 Å². The van der Waals surface area contributed by atoms with Crippen molar-refractivity contribution in [1.29, 1.82) is 0 Å². The van der Waals surface area contributed by atoms with Crippen molar-refractivity contribution < 1.29 is 14.7 Å². The summed E-state index contributed by atoms with van der Waals surface area (Å²) < 4.78 is 0. The highest BCUT2D eigenvalue weighted by molar-refractivity contribution is 6.27. The van der Waals surface area contributed by atoms with Gasteiger partial charge >= 0.3 is 6.03 Å². The van der Waals surface area contributed by atoms with Crippen molar-refractivity contribution in [3.8, 4) is 22.5 Å². The molecule has 2 amide bonds. The molecule has 3 aromatic rings. The van der Waals surface area contributed by atoms with Gasteiger partial charge in [-0.15, -0.1) is 0 Å². The smallest absolute Gasteiger partial charge is 0.334 e. The van der Waals surface area contributed by atoms with Gasteiger partial charge in [0.25, 0.3) is 0 Å². The summed E-state index contributed by atoms with van der Waals surface area (Å²) in [5.74, 6) is -0.175. The summed E-state index contributed by atoms with van der Waals surface area (Å²) in [6.45, 7) is 7.00. The lowest BCUT2D eigenvalue weighted by Crippen LogP contribution is -2.57. The van der Waals surface area contributed by atoms with Crippen molar-refractivity contribution in [3.63, 3.8) is 0 Å². The summed E-state index contributed by atoms with van der Waals surface area (Å²) in [4.78, 5) is 31.1. The van der Waals surface area contributed by atoms with Gasteiger partial charge in [0.05, 0.1) is 29.1 Å². The molecule has 6 rings (SSSR count). The Morgan fingerprint density at radius 3 is 2.42 bits per heavy atom. The van der Waals surface area contributed by atoms with Crippen LogP contribution in [0.5, 0.6) is 0 Å². The van der Waals surface area contributed by atoms with Crippen molar-refractivity contribution in [2.75, 3.05) is 75.4 Å². The number of nitrogens with zero attached hydrogens (tertiary/aromatic N) is 5. The summed E-state index contributed by atoms with van der Waals surface area (Å²) in [6, 6.07) is 13.0. The van der Waals surface area contributed by atoms with Crippen LogP contribution in [-0.4, -0.2) is 103 Å². The van der Waals surface area contributed by atoms with Gasteiger partial charge < -0.3 is 21.1 Å². The molecule has 0 atom stereocenters. The van der Waals surface area contributed by atoms with E-state index in [1.54, 1.807) is 6.07 Å². The monoisotopic (exact) mass is 516 g/mol. The second-order valence-corrected chi connectivity index (χ2v) is 9.80. The zero-order valence-corrected chi connectivity index (χ0v) is 21.2. The average molecular weight is 517 g/mol. The number of nitrogens with one attached hydrogen (secondary N) is 2. The number of urea groups is 1. The molecule has 198 valence electrons. The van der Waals surface area contributed by atoms with Crippen LogP contribution < -0.4 is 21.0 Å². The fourth-order valence-electron chi connectivity index (χ4n) is 5.72. The zero-order chi connectivity index (χ0) is 26.2. The minimum Gasteiger partial charge on any atom is -0.395 e. The van der Waals surface area contributed by atoms with Crippen LogP contribution in [0.2, 0.25) is 0 Å². The number of ketones is 1. The standard InChI is InChI=1S/C27H32N8O3/c28-27(38)35(34-14-12-32(13-15-34)16-17-36)21-3-1-2-20-22(21)26(37)23-24(30-31-25(20)23)18-4-6-19(7-5-18)33-10-8-29-9-11-33/h1-7,29,36H,8-17H2,(H2,28,38)(H,30,31). The Hall–Kier alpha value is -3.77. The van der Waals surface area contributed by atoms with Gasteiger partial charge in [-0.1, -0.05) is 24.3 Å². The highest BCUT2D eigenvalue weighted by Crippen LogP contribution is 2.44. The Labute approximate surface area is 220 Å². The maximum Gasteiger partial charge on any atom is 0.334 e. The molecule has 3 heterocycles. The average Bonchev–Trinajstić information content (AvgIpc) is 3.50. The predicted octanol–water partition coefficient (Wildman–Crippen LogP) is 1.11. The number of aromatic nitrogens is 2. The summed E-state index contributed by atoms with van der Waals surface area (Å²) >= 11 is 0. The van der Waals surface area contributed by atoms with E-state index in [-0.39, 0.29) is 12.4 Å². The molecule has 5 N–H and O–H groups in total. The molecule has 0 radical (unpaired) electrons. The number of β-amino-alcohol motifs (C(OH)–C–C–N with tert-alkyl or cyclic N) is 1. The highest BCUT2D eigenvalue weighted by Gasteiger charge is 2.38. The van der Waals surface area contributed by atoms with Crippen LogP contribution in [0.15, 0.2) is 42.5 Å². The summed E-state index contributed by atoms with van der Waals surface area (Å²) in [6.07, 6.45) is 0. The molecule has 3 aliphatic rings. The molecule has 2 fully saturated rings. The number of H-pyrrole nitrogens is 1. The maximum atomic E-state index is 13.9. The number of aliphatic hydroxyl groups is 1. The number of primary amides is 1. The molecule has 2 aliphatic heterocycles. The normalized spacial score (nSPS) is 17.9. The second-order valence-electron chi connectivity index (χ2n) is 9.80. The van der Waals surface area contributed by atoms with Crippen LogP contribution >= 0.6 is 0 Å². The number of hydrogen-bond acceptors (Lipinski definition) is 8. The second kappa shape index (κ2) is 10.2. The molecule has 0 bridgehead atoms. The van der Waals surface area contributed by atoms with E-state index in [0.29, 0.717) is 66.5 Å². The lowest BCUT2D eigenvalue weighted by molar-refractivity contribution is 0.103. The number of carbonyl (C=O) groups is 2. The molecule has 11 heteroatoms. The van der Waals surface area contributed by atoms with Crippen molar-refractivity contribution in [2.24, 2.45) is 5.73 Å². The number of nitrogens with two attached hydrogens (primary N) is 1. The van der Waals surface area contributed by atoms with Crippen molar-refractivity contribution in [1.82, 2.24) is 25.4 Å². The summed E-state index contributed by atoms with van der Waals surface area (Å²) in [5, 5.41) is 23.5. The Bertz CT molecular complexity index is 1340. The minimum absolute atomic E-state index is 0.0896. The SMILES string of the molecule is NC(=O)N(c1cccc2c1C(=O)c1c-2n[nH]c1-c1ccc(N2CCNCC2)cc1)N1CCN(CCO)CC1. The van der Waals surface area contributed by atoms with E-state index in [9.17, 15) is 14.7 Å². The van der Waals surface area contributed by atoms with Gasteiger partial charge in [0.15, 0.2) is 5.78 Å².